The highest BCUT2D eigenvalue weighted by molar-refractivity contribution is 7.27. The number of rotatable bonds is 2. The molecule has 0 saturated heterocycles. The molecule has 0 heterocycles. The number of benzene rings is 2. The highest BCUT2D eigenvalue weighted by atomic mass is 31.0. The summed E-state index contributed by atoms with van der Waals surface area (Å²) in [6, 6.07) is 14.7. The van der Waals surface area contributed by atoms with Crippen molar-refractivity contribution >= 4 is 20.5 Å². The van der Waals surface area contributed by atoms with E-state index in [0.29, 0.717) is 5.56 Å². The predicted molar refractivity (Wildman–Crippen MR) is 68.2 cm³/mol. The molecule has 1 unspecified atom stereocenters. The fraction of sp³-hybridized carbons (Fsp3) is 0. The molecule has 16 heavy (non-hydrogen) atoms. The Balaban J connectivity index is 2.55. The zero-order valence-electron chi connectivity index (χ0n) is 8.55. The quantitative estimate of drug-likeness (QED) is 0.805. The van der Waals surface area contributed by atoms with Crippen LogP contribution >= 0.6 is 9.24 Å². The van der Waals surface area contributed by atoms with E-state index in [1.54, 1.807) is 12.1 Å². The Labute approximate surface area is 96.1 Å². The molecule has 0 bridgehead atoms. The highest BCUT2D eigenvalue weighted by Gasteiger charge is 2.09. The Morgan fingerprint density at radius 2 is 1.62 bits per heavy atom. The van der Waals surface area contributed by atoms with Gasteiger partial charge in [-0.1, -0.05) is 42.5 Å². The predicted octanol–water partition coefficient (Wildman–Crippen LogP) is 2.55. The van der Waals surface area contributed by atoms with Crippen LogP contribution in [0.15, 0.2) is 48.5 Å². The molecule has 80 valence electrons. The Bertz CT molecular complexity index is 518. The zero-order valence-corrected chi connectivity index (χ0v) is 9.71. The second-order valence-corrected chi connectivity index (χ2v) is 4.14. The summed E-state index contributed by atoms with van der Waals surface area (Å²) in [4.78, 5) is 11.1. The first kappa shape index (κ1) is 10.8. The van der Waals surface area contributed by atoms with E-state index in [0.717, 1.165) is 16.4 Å². The second kappa shape index (κ2) is 4.46. The minimum Gasteiger partial charge on any atom is -0.478 e. The topological polar surface area (TPSA) is 37.3 Å². The van der Waals surface area contributed by atoms with E-state index in [9.17, 15) is 4.79 Å². The lowest BCUT2D eigenvalue weighted by Crippen LogP contribution is -1.99. The third kappa shape index (κ3) is 2.12. The molecule has 2 aromatic carbocycles. The van der Waals surface area contributed by atoms with E-state index in [4.69, 9.17) is 5.11 Å². The second-order valence-electron chi connectivity index (χ2n) is 3.47. The van der Waals surface area contributed by atoms with Gasteiger partial charge in [-0.15, -0.1) is 9.24 Å². The Hall–Kier alpha value is -1.66. The van der Waals surface area contributed by atoms with Gasteiger partial charge in [-0.2, -0.15) is 0 Å². The lowest BCUT2D eigenvalue weighted by Gasteiger charge is -2.06. The first-order valence-corrected chi connectivity index (χ1v) is 5.44. The number of carbonyl (C=O) groups is 1. The number of carboxylic acids is 1. The molecule has 0 radical (unpaired) electrons. The van der Waals surface area contributed by atoms with E-state index >= 15 is 0 Å². The molecule has 0 saturated carbocycles. The van der Waals surface area contributed by atoms with E-state index < -0.39 is 5.97 Å². The summed E-state index contributed by atoms with van der Waals surface area (Å²) < 4.78 is 0. The lowest BCUT2D eigenvalue weighted by atomic mass is 10.00. The van der Waals surface area contributed by atoms with Crippen molar-refractivity contribution in [3.05, 3.63) is 54.1 Å². The molecule has 3 heteroatoms. The van der Waals surface area contributed by atoms with Gasteiger partial charge in [0.05, 0.1) is 5.56 Å². The van der Waals surface area contributed by atoms with E-state index in [1.165, 1.54) is 0 Å². The van der Waals surface area contributed by atoms with Crippen LogP contribution in [0.2, 0.25) is 0 Å². The van der Waals surface area contributed by atoms with E-state index in [2.05, 4.69) is 9.24 Å². The van der Waals surface area contributed by atoms with Crippen LogP contribution in [0.1, 0.15) is 10.4 Å². The van der Waals surface area contributed by atoms with Gasteiger partial charge >= 0.3 is 5.97 Å². The van der Waals surface area contributed by atoms with E-state index in [-0.39, 0.29) is 0 Å². The van der Waals surface area contributed by atoms with Crippen molar-refractivity contribution in [1.29, 1.82) is 0 Å². The van der Waals surface area contributed by atoms with Gasteiger partial charge in [-0.25, -0.2) is 4.79 Å². The van der Waals surface area contributed by atoms with Crippen molar-refractivity contribution < 1.29 is 9.90 Å². The Kier molecular flexibility index (Phi) is 3.02. The first-order chi connectivity index (χ1) is 7.68. The molecule has 1 atom stereocenters. The van der Waals surface area contributed by atoms with Gasteiger partial charge in [-0.05, 0) is 22.5 Å². The maximum absolute atomic E-state index is 11.1. The first-order valence-electron chi connectivity index (χ1n) is 4.87. The molecule has 0 aliphatic heterocycles. The summed E-state index contributed by atoms with van der Waals surface area (Å²) >= 11 is 0. The van der Waals surface area contributed by atoms with Gasteiger partial charge in [0.25, 0.3) is 0 Å². The summed E-state index contributed by atoms with van der Waals surface area (Å²) in [6.45, 7) is 0. The van der Waals surface area contributed by atoms with Gasteiger partial charge in [0.15, 0.2) is 0 Å². The van der Waals surface area contributed by atoms with Gasteiger partial charge < -0.3 is 5.11 Å². The standard InChI is InChI=1S/C13H11O2P/c14-13(15)12-4-2-1-3-11(12)9-5-7-10(16)8-6-9/h1-8H,16H2,(H,14,15). The van der Waals surface area contributed by atoms with Crippen LogP contribution in [0.5, 0.6) is 0 Å². The van der Waals surface area contributed by atoms with Crippen molar-refractivity contribution in [2.75, 3.05) is 0 Å². The number of carboxylic acid groups (broad SMARTS) is 1. The molecule has 0 spiro atoms. The fourth-order valence-electron chi connectivity index (χ4n) is 1.58. The molecule has 1 N–H and O–H groups in total. The number of hydrogen-bond donors (Lipinski definition) is 1. The number of hydrogen-bond acceptors (Lipinski definition) is 1. The molecular formula is C13H11O2P. The van der Waals surface area contributed by atoms with Crippen molar-refractivity contribution in [3.63, 3.8) is 0 Å². The third-order valence-corrected chi connectivity index (χ3v) is 2.76. The van der Waals surface area contributed by atoms with Gasteiger partial charge in [-0.3, -0.25) is 0 Å². The smallest absolute Gasteiger partial charge is 0.336 e. The van der Waals surface area contributed by atoms with Crippen LogP contribution in [0.4, 0.5) is 0 Å². The average Bonchev–Trinajstić information content (AvgIpc) is 2.30. The van der Waals surface area contributed by atoms with Crippen LogP contribution in [0.3, 0.4) is 0 Å². The summed E-state index contributed by atoms with van der Waals surface area (Å²) in [5.41, 5.74) is 2.00. The van der Waals surface area contributed by atoms with Crippen LogP contribution in [-0.4, -0.2) is 11.1 Å². The largest absolute Gasteiger partial charge is 0.478 e. The van der Waals surface area contributed by atoms with Crippen molar-refractivity contribution in [1.82, 2.24) is 0 Å². The molecule has 0 fully saturated rings. The van der Waals surface area contributed by atoms with Crippen molar-refractivity contribution in [2.45, 2.75) is 0 Å². The molecule has 2 nitrogen and oxygen atoms in total. The fourth-order valence-corrected chi connectivity index (χ4v) is 1.78. The van der Waals surface area contributed by atoms with Gasteiger partial charge in [0.2, 0.25) is 0 Å². The molecule has 2 aromatic rings. The normalized spacial score (nSPS) is 10.1. The van der Waals surface area contributed by atoms with Gasteiger partial charge in [0, 0.05) is 0 Å². The van der Waals surface area contributed by atoms with E-state index in [1.807, 2.05) is 36.4 Å². The Morgan fingerprint density at radius 3 is 2.25 bits per heavy atom. The van der Waals surface area contributed by atoms with Crippen molar-refractivity contribution in [2.24, 2.45) is 0 Å². The zero-order chi connectivity index (χ0) is 11.5. The number of aromatic carboxylic acids is 1. The molecule has 0 amide bonds. The van der Waals surface area contributed by atoms with Gasteiger partial charge in [0.1, 0.15) is 0 Å². The molecule has 0 aromatic heterocycles. The maximum atomic E-state index is 11.1. The maximum Gasteiger partial charge on any atom is 0.336 e. The minimum atomic E-state index is -0.898. The minimum absolute atomic E-state index is 0.332. The molecule has 0 aliphatic carbocycles. The lowest BCUT2D eigenvalue weighted by molar-refractivity contribution is 0.0698. The summed E-state index contributed by atoms with van der Waals surface area (Å²) in [6.07, 6.45) is 0. The monoisotopic (exact) mass is 230 g/mol. The third-order valence-electron chi connectivity index (χ3n) is 2.38. The summed E-state index contributed by atoms with van der Waals surface area (Å²) in [5, 5.41) is 10.2. The van der Waals surface area contributed by atoms with Crippen molar-refractivity contribution in [3.8, 4) is 11.1 Å². The molecular weight excluding hydrogens is 219 g/mol. The van der Waals surface area contributed by atoms with Crippen LogP contribution in [0, 0.1) is 0 Å². The van der Waals surface area contributed by atoms with Crippen LogP contribution in [-0.2, 0) is 0 Å². The SMILES string of the molecule is O=C(O)c1ccccc1-c1ccc(P)cc1. The molecule has 2 rings (SSSR count). The Morgan fingerprint density at radius 1 is 1.00 bits per heavy atom. The summed E-state index contributed by atoms with van der Waals surface area (Å²) in [7, 11) is 2.60. The van der Waals surface area contributed by atoms with Crippen LogP contribution in [0.25, 0.3) is 11.1 Å². The van der Waals surface area contributed by atoms with Crippen LogP contribution < -0.4 is 5.30 Å². The highest BCUT2D eigenvalue weighted by Crippen LogP contribution is 2.23. The molecule has 0 aliphatic rings. The average molecular weight is 230 g/mol. The summed E-state index contributed by atoms with van der Waals surface area (Å²) in [5.74, 6) is -0.898.